The highest BCUT2D eigenvalue weighted by molar-refractivity contribution is 7.99. The zero-order chi connectivity index (χ0) is 53.9. The van der Waals surface area contributed by atoms with Crippen molar-refractivity contribution in [2.45, 2.75) is 200 Å². The van der Waals surface area contributed by atoms with Crippen LogP contribution in [-0.4, -0.2) is 81.3 Å². The molecule has 2 aliphatic heterocycles. The van der Waals surface area contributed by atoms with Gasteiger partial charge in [0.25, 0.3) is 0 Å². The average molecular weight is 1110 g/mol. The van der Waals surface area contributed by atoms with Crippen molar-refractivity contribution in [3.63, 3.8) is 0 Å². The van der Waals surface area contributed by atoms with Crippen molar-refractivity contribution in [2.75, 3.05) is 34.5 Å². The number of hydrogen-bond donors (Lipinski definition) is 6. The van der Waals surface area contributed by atoms with Crippen LogP contribution in [0.3, 0.4) is 0 Å². The van der Waals surface area contributed by atoms with Crippen LogP contribution in [-0.2, 0) is 31.2 Å². The van der Waals surface area contributed by atoms with Gasteiger partial charge in [-0.3, -0.25) is 13.8 Å². The molecule has 2 aliphatic rings. The number of phenols is 4. The van der Waals surface area contributed by atoms with Gasteiger partial charge in [0.15, 0.2) is 0 Å². The zero-order valence-electron chi connectivity index (χ0n) is 45.0. The third-order valence-corrected chi connectivity index (χ3v) is 20.9. The minimum Gasteiger partial charge on any atom is -0.508 e. The molecule has 3 unspecified atom stereocenters. The highest BCUT2D eigenvalue weighted by Gasteiger charge is 2.42. The summed E-state index contributed by atoms with van der Waals surface area (Å²) >= 11 is 5.66. The first-order valence-corrected chi connectivity index (χ1v) is 32.7. The van der Waals surface area contributed by atoms with Gasteiger partial charge in [-0.15, -0.1) is 23.5 Å². The Morgan fingerprint density at radius 1 is 0.480 bits per heavy atom. The van der Waals surface area contributed by atoms with Gasteiger partial charge in [0.2, 0.25) is 0 Å². The SMILES string of the molecule is C[C@]1(c2ccc(O)cc2)CSc2cc(O)ccc2C1CCCCCCCCCS(=O)CCCCCC(=O)O.C[C@]1(c2ccc(O)cc2)CSc2cc(O)ccc2C1CCCCCCCCCSCCCCCC(=O)O. The molecule has 6 N–H and O–H groups in total. The summed E-state index contributed by atoms with van der Waals surface area (Å²) in [6.45, 7) is 4.70. The number of carbonyl (C=O) groups is 2. The molecule has 0 fully saturated rings. The minimum atomic E-state index is -0.771. The Bertz CT molecular complexity index is 2330. The van der Waals surface area contributed by atoms with Gasteiger partial charge in [-0.1, -0.05) is 140 Å². The molecule has 414 valence electrons. The molecular weight excluding hydrogens is 1020 g/mol. The molecule has 4 aromatic carbocycles. The normalized spacial score (nSPS) is 19.3. The summed E-state index contributed by atoms with van der Waals surface area (Å²) in [6, 6.07) is 27.1. The molecule has 0 saturated heterocycles. The second kappa shape index (κ2) is 33.5. The second-order valence-corrected chi connectivity index (χ2v) is 26.4. The van der Waals surface area contributed by atoms with Gasteiger partial charge in [0.1, 0.15) is 23.0 Å². The molecule has 0 radical (unpaired) electrons. The van der Waals surface area contributed by atoms with Gasteiger partial charge >= 0.3 is 11.9 Å². The molecule has 0 amide bonds. The summed E-state index contributed by atoms with van der Waals surface area (Å²) in [4.78, 5) is 23.4. The minimum absolute atomic E-state index is 0.00371. The van der Waals surface area contributed by atoms with Crippen LogP contribution >= 0.6 is 35.3 Å². The van der Waals surface area contributed by atoms with E-state index in [4.69, 9.17) is 10.2 Å². The van der Waals surface area contributed by atoms with Crippen molar-refractivity contribution >= 4 is 58.0 Å². The van der Waals surface area contributed by atoms with Crippen LogP contribution in [0.15, 0.2) is 94.7 Å². The van der Waals surface area contributed by atoms with E-state index >= 15 is 0 Å². The van der Waals surface area contributed by atoms with E-state index in [1.807, 2.05) is 59.6 Å². The van der Waals surface area contributed by atoms with Gasteiger partial charge in [0, 0.05) is 67.3 Å². The first-order chi connectivity index (χ1) is 36.2. The van der Waals surface area contributed by atoms with Gasteiger partial charge in [-0.05, 0) is 145 Å². The van der Waals surface area contributed by atoms with E-state index in [-0.39, 0.29) is 17.3 Å². The quantitative estimate of drug-likeness (QED) is 0.0245. The Balaban J connectivity index is 0.000000277. The molecule has 0 aromatic heterocycles. The summed E-state index contributed by atoms with van der Waals surface area (Å²) in [7, 11) is -0.771. The molecule has 9 nitrogen and oxygen atoms in total. The van der Waals surface area contributed by atoms with E-state index in [0.29, 0.717) is 53.4 Å². The highest BCUT2D eigenvalue weighted by atomic mass is 32.2. The lowest BCUT2D eigenvalue weighted by Crippen LogP contribution is -2.36. The van der Waals surface area contributed by atoms with Crippen LogP contribution in [0.4, 0.5) is 0 Å². The van der Waals surface area contributed by atoms with E-state index in [9.17, 15) is 34.2 Å². The Morgan fingerprint density at radius 2 is 0.813 bits per heavy atom. The van der Waals surface area contributed by atoms with Crippen LogP contribution in [0.5, 0.6) is 23.0 Å². The number of unbranched alkanes of at least 4 members (excludes halogenated alkanes) is 16. The van der Waals surface area contributed by atoms with Crippen LogP contribution in [0.25, 0.3) is 0 Å². The van der Waals surface area contributed by atoms with Crippen molar-refractivity contribution in [1.82, 2.24) is 0 Å². The van der Waals surface area contributed by atoms with Gasteiger partial charge in [0.05, 0.1) is 0 Å². The summed E-state index contributed by atoms with van der Waals surface area (Å²) < 4.78 is 12.1. The van der Waals surface area contributed by atoms with E-state index in [1.165, 1.54) is 108 Å². The maximum absolute atomic E-state index is 12.1. The number of benzene rings is 4. The van der Waals surface area contributed by atoms with E-state index in [2.05, 4.69) is 50.2 Å². The second-order valence-electron chi connectivity index (χ2n) is 21.5. The number of hydrogen-bond acceptors (Lipinski definition) is 10. The number of thioether (sulfide) groups is 3. The molecule has 0 aliphatic carbocycles. The summed E-state index contributed by atoms with van der Waals surface area (Å²) in [6.07, 6.45) is 25.2. The van der Waals surface area contributed by atoms with Gasteiger partial charge < -0.3 is 30.6 Å². The summed E-state index contributed by atoms with van der Waals surface area (Å²) in [5, 5.41) is 57.0. The van der Waals surface area contributed by atoms with Crippen molar-refractivity contribution in [1.29, 1.82) is 0 Å². The van der Waals surface area contributed by atoms with Crippen molar-refractivity contribution in [3.05, 3.63) is 107 Å². The van der Waals surface area contributed by atoms with E-state index in [1.54, 1.807) is 24.3 Å². The third kappa shape index (κ3) is 21.2. The van der Waals surface area contributed by atoms with Gasteiger partial charge in [-0.2, -0.15) is 11.8 Å². The molecule has 5 atom stereocenters. The topological polar surface area (TPSA) is 173 Å². The number of fused-ring (bicyclic) bond motifs is 2. The first-order valence-electron chi connectivity index (χ1n) is 28.1. The maximum atomic E-state index is 12.1. The Kier molecular flexibility index (Phi) is 27.7. The lowest BCUT2D eigenvalue weighted by molar-refractivity contribution is -0.138. The van der Waals surface area contributed by atoms with E-state index < -0.39 is 22.7 Å². The Hall–Kier alpha value is -3.78. The summed E-state index contributed by atoms with van der Waals surface area (Å²) in [5.74, 6) is 6.36. The fourth-order valence-corrected chi connectivity index (χ4v) is 16.0. The fraction of sp³-hybridized carbons (Fsp3) is 0.581. The van der Waals surface area contributed by atoms with Crippen molar-refractivity contribution < 1.29 is 44.4 Å². The summed E-state index contributed by atoms with van der Waals surface area (Å²) in [5.41, 5.74) is 5.17. The number of carboxylic acid groups (broad SMARTS) is 2. The lowest BCUT2D eigenvalue weighted by atomic mass is 9.68. The lowest BCUT2D eigenvalue weighted by Gasteiger charge is -2.43. The fourth-order valence-electron chi connectivity index (χ4n) is 10.9. The molecule has 13 heteroatoms. The third-order valence-electron chi connectivity index (χ3n) is 15.5. The number of aliphatic carboxylic acids is 2. The molecule has 2 heterocycles. The Morgan fingerprint density at radius 3 is 1.21 bits per heavy atom. The molecule has 0 bridgehead atoms. The molecule has 4 aromatic rings. The highest BCUT2D eigenvalue weighted by Crippen LogP contribution is 2.54. The number of rotatable bonds is 34. The molecule has 6 rings (SSSR count). The van der Waals surface area contributed by atoms with Crippen LogP contribution in [0, 0.1) is 0 Å². The number of phenolic OH excluding ortho intramolecular Hbond substituents is 4. The zero-order valence-corrected chi connectivity index (χ0v) is 48.3. The predicted octanol–water partition coefficient (Wildman–Crippen LogP) is 16.5. The van der Waals surface area contributed by atoms with E-state index in [0.717, 1.165) is 87.2 Å². The molecule has 0 spiro atoms. The number of carboxylic acids is 2. The first kappa shape index (κ1) is 62.1. The maximum Gasteiger partial charge on any atom is 0.303 e. The Labute approximate surface area is 464 Å². The van der Waals surface area contributed by atoms with Crippen molar-refractivity contribution in [3.8, 4) is 23.0 Å². The van der Waals surface area contributed by atoms with Crippen LogP contribution in [0.1, 0.15) is 202 Å². The largest absolute Gasteiger partial charge is 0.508 e. The average Bonchev–Trinajstić information content (AvgIpc) is 3.38. The van der Waals surface area contributed by atoms with Gasteiger partial charge in [-0.25, -0.2) is 0 Å². The standard InChI is InChI=1S/C31H44O5S2.C31H44O4S2/c1-31(24-14-16-25(32)17-15-24)23-37-29-22-26(33)18-19-27(29)28(31)12-8-5-3-2-4-6-10-20-38(36)21-11-7-9-13-30(34)35;1-31(24-14-16-25(32)17-15-24)23-37-29-22-26(33)18-19-27(29)28(31)12-8-5-3-2-4-6-10-20-36-21-11-7-9-13-30(34)35/h14-19,22,28,32-33H,2-13,20-21,23H2,1H3,(H,34,35);14-19,22,28,32-33H,2-13,20-21,23H2,1H3,(H,34,35)/t28?,31-,38?;28?,31-/m11/s1. The van der Waals surface area contributed by atoms with Crippen LogP contribution in [0.2, 0.25) is 0 Å². The smallest absolute Gasteiger partial charge is 0.303 e. The molecular formula is C62H88O9S4. The van der Waals surface area contributed by atoms with Crippen LogP contribution < -0.4 is 0 Å². The molecule has 0 saturated carbocycles. The number of aromatic hydroxyl groups is 4. The predicted molar refractivity (Wildman–Crippen MR) is 315 cm³/mol. The van der Waals surface area contributed by atoms with Crippen molar-refractivity contribution in [2.24, 2.45) is 0 Å². The monoisotopic (exact) mass is 1100 g/mol. The molecule has 75 heavy (non-hydrogen) atoms.